The fraction of sp³-hybridized carbons (Fsp3) is 0.133. The fourth-order valence-electron chi connectivity index (χ4n) is 4.85. The third-order valence-corrected chi connectivity index (χ3v) is 8.13. The van der Waals surface area contributed by atoms with Crippen LogP contribution >= 0.6 is 11.3 Å². The van der Waals surface area contributed by atoms with Crippen LogP contribution < -0.4 is 17.0 Å². The van der Waals surface area contributed by atoms with Crippen molar-refractivity contribution >= 4 is 27.2 Å². The molecule has 9 nitrogen and oxygen atoms in total. The maximum atomic E-state index is 14.8. The van der Waals surface area contributed by atoms with Crippen molar-refractivity contribution in [3.8, 4) is 21.9 Å². The molecule has 0 amide bonds. The third kappa shape index (κ3) is 4.80. The number of nitrogen functional groups attached to an aromatic ring is 1. The highest BCUT2D eigenvalue weighted by Crippen LogP contribution is 2.38. The number of nitrogens with two attached hydrogens (primary N) is 1. The molecule has 0 fully saturated rings. The van der Waals surface area contributed by atoms with E-state index in [2.05, 4.69) is 10.1 Å². The van der Waals surface area contributed by atoms with Crippen molar-refractivity contribution in [1.82, 2.24) is 28.8 Å². The van der Waals surface area contributed by atoms with Gasteiger partial charge < -0.3 is 10.6 Å². The molecule has 4 heterocycles. The van der Waals surface area contributed by atoms with E-state index in [9.17, 15) is 18.4 Å². The van der Waals surface area contributed by atoms with Gasteiger partial charge in [0.25, 0.3) is 5.56 Å². The molecule has 0 saturated carbocycles. The zero-order chi connectivity index (χ0) is 29.5. The first-order valence-corrected chi connectivity index (χ1v) is 13.8. The predicted octanol–water partition coefficient (Wildman–Crippen LogP) is 4.43. The van der Waals surface area contributed by atoms with Crippen LogP contribution in [0.4, 0.5) is 14.5 Å². The fourth-order valence-corrected chi connectivity index (χ4v) is 6.16. The molecule has 4 aromatic heterocycles. The summed E-state index contributed by atoms with van der Waals surface area (Å²) in [5.41, 5.74) is 6.97. The van der Waals surface area contributed by atoms with Crippen molar-refractivity contribution in [2.45, 2.75) is 13.1 Å². The second-order valence-corrected chi connectivity index (χ2v) is 11.0. The van der Waals surface area contributed by atoms with E-state index in [-0.39, 0.29) is 16.8 Å². The molecule has 0 saturated heterocycles. The Morgan fingerprint density at radius 1 is 0.952 bits per heavy atom. The number of anilines is 1. The summed E-state index contributed by atoms with van der Waals surface area (Å²) >= 11 is 1.22. The molecule has 0 aliphatic carbocycles. The minimum Gasteiger partial charge on any atom is -0.399 e. The first-order valence-electron chi connectivity index (χ1n) is 12.9. The van der Waals surface area contributed by atoms with E-state index in [1.54, 1.807) is 47.4 Å². The molecular weight excluding hydrogens is 560 g/mol. The quantitative estimate of drug-likeness (QED) is 0.278. The van der Waals surface area contributed by atoms with Gasteiger partial charge in [0.1, 0.15) is 22.3 Å². The Hall–Kier alpha value is -4.94. The van der Waals surface area contributed by atoms with E-state index < -0.39 is 29.4 Å². The van der Waals surface area contributed by atoms with Crippen LogP contribution in [0.15, 0.2) is 88.8 Å². The monoisotopic (exact) mass is 585 g/mol. The van der Waals surface area contributed by atoms with E-state index in [0.29, 0.717) is 28.3 Å². The van der Waals surface area contributed by atoms with E-state index >= 15 is 0 Å². The molecule has 6 rings (SSSR count). The van der Waals surface area contributed by atoms with Gasteiger partial charge in [0.15, 0.2) is 0 Å². The van der Waals surface area contributed by atoms with Gasteiger partial charge >= 0.3 is 5.69 Å². The van der Waals surface area contributed by atoms with Gasteiger partial charge in [-0.25, -0.2) is 27.8 Å². The molecule has 0 bridgehead atoms. The van der Waals surface area contributed by atoms with Crippen LogP contribution in [0, 0.1) is 11.6 Å². The smallest absolute Gasteiger partial charge is 0.338 e. The molecule has 12 heteroatoms. The zero-order valence-corrected chi connectivity index (χ0v) is 23.5. The molecular formula is C30H25F2N7O2S. The number of halogens is 2. The minimum atomic E-state index is -0.793. The number of fused-ring (bicyclic) bond motifs is 1. The number of hydrogen-bond acceptors (Lipinski definition) is 7. The van der Waals surface area contributed by atoms with E-state index in [4.69, 9.17) is 5.73 Å². The lowest BCUT2D eigenvalue weighted by molar-refractivity contribution is 0.405. The van der Waals surface area contributed by atoms with E-state index in [1.807, 2.05) is 31.1 Å². The summed E-state index contributed by atoms with van der Waals surface area (Å²) in [5.74, 6) is -1.52. The normalized spacial score (nSPS) is 11.5. The number of hydrogen-bond donors (Lipinski definition) is 1. The molecule has 2 N–H and O–H groups in total. The number of pyridine rings is 1. The number of thiophene rings is 1. The van der Waals surface area contributed by atoms with Crippen LogP contribution in [-0.4, -0.2) is 42.9 Å². The first kappa shape index (κ1) is 27.2. The summed E-state index contributed by atoms with van der Waals surface area (Å²) in [6.07, 6.45) is 4.85. The van der Waals surface area contributed by atoms with Crippen molar-refractivity contribution < 1.29 is 8.78 Å². The molecule has 0 unspecified atom stereocenters. The second-order valence-electron chi connectivity index (χ2n) is 9.98. The Balaban J connectivity index is 1.66. The van der Waals surface area contributed by atoms with Crippen molar-refractivity contribution in [2.75, 3.05) is 19.8 Å². The van der Waals surface area contributed by atoms with Gasteiger partial charge in [-0.15, -0.1) is 11.3 Å². The predicted molar refractivity (Wildman–Crippen MR) is 159 cm³/mol. The molecule has 0 atom stereocenters. The lowest BCUT2D eigenvalue weighted by atomic mass is 10.1. The molecule has 0 aliphatic rings. The van der Waals surface area contributed by atoms with E-state index in [1.165, 1.54) is 28.2 Å². The standard InChI is InChI=1S/C30H25F2N7O2S/c1-36(2)16-22-26-28(40)39(25-12-11-20(15-34-25)38-14-4-13-35-38)30(41)37(17-21-23(31)5-3-6-24(21)32)29(26)42-27(22)18-7-9-19(33)10-8-18/h3-15H,16-17,33H2,1-2H3. The Labute approximate surface area is 242 Å². The van der Waals surface area contributed by atoms with Gasteiger partial charge in [0.2, 0.25) is 0 Å². The summed E-state index contributed by atoms with van der Waals surface area (Å²) in [4.78, 5) is 35.7. The zero-order valence-electron chi connectivity index (χ0n) is 22.7. The highest BCUT2D eigenvalue weighted by molar-refractivity contribution is 7.22. The van der Waals surface area contributed by atoms with Crippen molar-refractivity contribution in [1.29, 1.82) is 0 Å². The summed E-state index contributed by atoms with van der Waals surface area (Å²) in [5, 5.41) is 4.45. The Bertz CT molecular complexity index is 2010. The lowest BCUT2D eigenvalue weighted by Crippen LogP contribution is -2.39. The van der Waals surface area contributed by atoms with Crippen LogP contribution in [0.5, 0.6) is 0 Å². The Morgan fingerprint density at radius 2 is 1.69 bits per heavy atom. The van der Waals surface area contributed by atoms with Gasteiger partial charge in [-0.3, -0.25) is 9.36 Å². The Morgan fingerprint density at radius 3 is 2.31 bits per heavy atom. The molecule has 6 aromatic rings. The minimum absolute atomic E-state index is 0.0709. The summed E-state index contributed by atoms with van der Waals surface area (Å²) in [6, 6.07) is 15.7. The number of benzene rings is 2. The van der Waals surface area contributed by atoms with Gasteiger partial charge in [-0.1, -0.05) is 18.2 Å². The van der Waals surface area contributed by atoms with Gasteiger partial charge in [0.05, 0.1) is 23.8 Å². The summed E-state index contributed by atoms with van der Waals surface area (Å²) in [6.45, 7) is -0.0601. The highest BCUT2D eigenvalue weighted by Gasteiger charge is 2.25. The molecule has 0 spiro atoms. The molecule has 2 aromatic carbocycles. The highest BCUT2D eigenvalue weighted by atomic mass is 32.1. The SMILES string of the molecule is CN(C)Cc1c(-c2ccc(N)cc2)sc2c1c(=O)n(-c1ccc(-n3cccn3)cn1)c(=O)n2Cc1c(F)cccc1F. The summed E-state index contributed by atoms with van der Waals surface area (Å²) in [7, 11) is 3.74. The maximum Gasteiger partial charge on any atom is 0.338 e. The van der Waals surface area contributed by atoms with Crippen LogP contribution in [0.1, 0.15) is 11.1 Å². The van der Waals surface area contributed by atoms with Crippen LogP contribution in [0.3, 0.4) is 0 Å². The number of rotatable bonds is 7. The molecule has 42 heavy (non-hydrogen) atoms. The molecule has 0 radical (unpaired) electrons. The molecule has 0 aliphatic heterocycles. The lowest BCUT2D eigenvalue weighted by Gasteiger charge is -2.14. The first-order chi connectivity index (χ1) is 20.2. The van der Waals surface area contributed by atoms with Gasteiger partial charge in [-0.05, 0) is 67.7 Å². The second kappa shape index (κ2) is 10.8. The Kier molecular flexibility index (Phi) is 7.01. The number of aromatic nitrogens is 5. The van der Waals surface area contributed by atoms with Crippen LogP contribution in [0.25, 0.3) is 32.2 Å². The molecule has 212 valence electrons. The van der Waals surface area contributed by atoms with Crippen LogP contribution in [0.2, 0.25) is 0 Å². The summed E-state index contributed by atoms with van der Waals surface area (Å²) < 4.78 is 33.5. The third-order valence-electron chi connectivity index (χ3n) is 6.83. The largest absolute Gasteiger partial charge is 0.399 e. The van der Waals surface area contributed by atoms with Crippen molar-refractivity contribution in [2.24, 2.45) is 0 Å². The van der Waals surface area contributed by atoms with Gasteiger partial charge in [0, 0.05) is 35.1 Å². The van der Waals surface area contributed by atoms with Crippen LogP contribution in [-0.2, 0) is 13.1 Å². The number of nitrogens with zero attached hydrogens (tertiary/aromatic N) is 6. The van der Waals surface area contributed by atoms with Crippen molar-refractivity contribution in [3.05, 3.63) is 123 Å². The van der Waals surface area contributed by atoms with Crippen molar-refractivity contribution in [3.63, 3.8) is 0 Å². The average molecular weight is 586 g/mol. The maximum absolute atomic E-state index is 14.8. The van der Waals surface area contributed by atoms with Gasteiger partial charge in [-0.2, -0.15) is 5.10 Å². The average Bonchev–Trinajstić information content (AvgIpc) is 3.62. The topological polar surface area (TPSA) is 104 Å². The van der Waals surface area contributed by atoms with E-state index in [0.717, 1.165) is 27.1 Å².